The maximum absolute atomic E-state index is 13.5. The third-order valence-electron chi connectivity index (χ3n) is 3.93. The van der Waals surface area contributed by atoms with Crippen molar-refractivity contribution in [3.05, 3.63) is 66.7 Å². The Hall–Kier alpha value is -3.41. The zero-order chi connectivity index (χ0) is 17.2. The number of halogens is 1. The molecule has 4 aromatic rings. The molecular weight excluding hydrogens is 317 g/mol. The van der Waals surface area contributed by atoms with Crippen LogP contribution in [0.2, 0.25) is 0 Å². The van der Waals surface area contributed by atoms with E-state index in [9.17, 15) is 4.39 Å². The first-order chi connectivity index (χ1) is 12.2. The Bertz CT molecular complexity index is 1050. The van der Waals surface area contributed by atoms with Gasteiger partial charge in [0.05, 0.1) is 17.9 Å². The summed E-state index contributed by atoms with van der Waals surface area (Å²) in [5.41, 5.74) is 3.31. The van der Waals surface area contributed by atoms with Crippen LogP contribution in [0.5, 0.6) is 0 Å². The van der Waals surface area contributed by atoms with Gasteiger partial charge in [0.15, 0.2) is 5.82 Å². The molecule has 4 rings (SSSR count). The fourth-order valence-corrected chi connectivity index (χ4v) is 2.72. The molecule has 2 heterocycles. The number of hydrogen-bond acceptors (Lipinski definition) is 5. The van der Waals surface area contributed by atoms with E-state index in [-0.39, 0.29) is 5.82 Å². The molecule has 122 valence electrons. The van der Waals surface area contributed by atoms with Gasteiger partial charge >= 0.3 is 0 Å². The average Bonchev–Trinajstić information content (AvgIpc) is 2.67. The lowest BCUT2D eigenvalue weighted by Gasteiger charge is -2.10. The van der Waals surface area contributed by atoms with E-state index in [1.165, 1.54) is 12.1 Å². The fourth-order valence-electron chi connectivity index (χ4n) is 2.72. The topological polar surface area (TPSA) is 63.6 Å². The number of nitrogens with zero attached hydrogens (tertiary/aromatic N) is 4. The van der Waals surface area contributed by atoms with Crippen molar-refractivity contribution in [3.63, 3.8) is 0 Å². The van der Waals surface area contributed by atoms with Gasteiger partial charge in [0.2, 0.25) is 0 Å². The van der Waals surface area contributed by atoms with Crippen LogP contribution in [-0.4, -0.2) is 27.2 Å². The average molecular weight is 331 g/mol. The molecule has 0 saturated carbocycles. The first-order valence-corrected chi connectivity index (χ1v) is 7.77. The van der Waals surface area contributed by atoms with Crippen molar-refractivity contribution in [2.45, 2.75) is 0 Å². The van der Waals surface area contributed by atoms with E-state index in [2.05, 4.69) is 25.5 Å². The van der Waals surface area contributed by atoms with Gasteiger partial charge in [0.1, 0.15) is 11.6 Å². The van der Waals surface area contributed by atoms with Crippen LogP contribution in [0, 0.1) is 5.82 Å². The Morgan fingerprint density at radius 2 is 1.76 bits per heavy atom. The molecule has 0 bridgehead atoms. The van der Waals surface area contributed by atoms with Gasteiger partial charge in [-0.15, -0.1) is 0 Å². The van der Waals surface area contributed by atoms with Crippen LogP contribution in [0.4, 0.5) is 10.2 Å². The van der Waals surface area contributed by atoms with Crippen LogP contribution in [0.15, 0.2) is 60.9 Å². The molecule has 6 heteroatoms. The molecule has 0 radical (unpaired) electrons. The summed E-state index contributed by atoms with van der Waals surface area (Å²) in [6.45, 7) is 0. The molecule has 0 aliphatic carbocycles. The Balaban J connectivity index is 1.88. The molecule has 0 atom stereocenters. The molecule has 1 N–H and O–H groups in total. The summed E-state index contributed by atoms with van der Waals surface area (Å²) in [5.74, 6) is 1.02. The second-order valence-electron chi connectivity index (χ2n) is 5.52. The smallest absolute Gasteiger partial charge is 0.163 e. The number of hydrogen-bond donors (Lipinski definition) is 1. The minimum atomic E-state index is -0.261. The molecule has 0 amide bonds. The Labute approximate surface area is 143 Å². The lowest BCUT2D eigenvalue weighted by atomic mass is 10.0. The predicted octanol–water partition coefficient (Wildman–Crippen LogP) is 3.93. The Morgan fingerprint density at radius 1 is 0.880 bits per heavy atom. The second-order valence-corrected chi connectivity index (χ2v) is 5.52. The van der Waals surface area contributed by atoms with Gasteiger partial charge in [-0.1, -0.05) is 18.2 Å². The largest absolute Gasteiger partial charge is 0.373 e. The first kappa shape index (κ1) is 15.1. The fraction of sp³-hybridized carbons (Fsp3) is 0.0526. The molecule has 0 fully saturated rings. The van der Waals surface area contributed by atoms with Gasteiger partial charge in [-0.3, -0.25) is 0 Å². The van der Waals surface area contributed by atoms with E-state index in [1.807, 2.05) is 37.4 Å². The van der Waals surface area contributed by atoms with Crippen LogP contribution >= 0.6 is 0 Å². The molecular formula is C19H14FN5. The van der Waals surface area contributed by atoms with Gasteiger partial charge in [-0.05, 0) is 41.5 Å². The molecule has 0 aliphatic rings. The quantitative estimate of drug-likeness (QED) is 0.616. The number of nitrogens with one attached hydrogen (secondary N) is 1. The minimum absolute atomic E-state index is 0.261. The predicted molar refractivity (Wildman–Crippen MR) is 95.5 cm³/mol. The third kappa shape index (κ3) is 2.89. The lowest BCUT2D eigenvalue weighted by Crippen LogP contribution is -1.99. The van der Waals surface area contributed by atoms with Gasteiger partial charge in [0.25, 0.3) is 0 Å². The van der Waals surface area contributed by atoms with Crippen LogP contribution in [0.3, 0.4) is 0 Å². The molecule has 25 heavy (non-hydrogen) atoms. The van der Waals surface area contributed by atoms with E-state index >= 15 is 0 Å². The summed E-state index contributed by atoms with van der Waals surface area (Å²) in [6.07, 6.45) is 3.23. The van der Waals surface area contributed by atoms with E-state index < -0.39 is 0 Å². The summed E-state index contributed by atoms with van der Waals surface area (Å²) in [7, 11) is 1.81. The zero-order valence-electron chi connectivity index (χ0n) is 13.4. The van der Waals surface area contributed by atoms with Crippen molar-refractivity contribution in [3.8, 4) is 22.5 Å². The highest BCUT2D eigenvalue weighted by Gasteiger charge is 2.10. The molecule has 0 unspecified atom stereocenters. The van der Waals surface area contributed by atoms with Gasteiger partial charge in [-0.25, -0.2) is 14.4 Å². The number of benzene rings is 2. The van der Waals surface area contributed by atoms with Crippen molar-refractivity contribution in [1.82, 2.24) is 20.2 Å². The number of aromatic nitrogens is 4. The standard InChI is InChI=1S/C19H14FN5/c1-21-19-16-10-13(12-3-2-4-15(20)9-12)5-6-17(16)24-18(25-19)14-7-8-22-23-11-14/h2-11H,1H3,(H,21,24,25). The molecule has 5 nitrogen and oxygen atoms in total. The summed E-state index contributed by atoms with van der Waals surface area (Å²) < 4.78 is 13.5. The molecule has 0 saturated heterocycles. The van der Waals surface area contributed by atoms with Crippen molar-refractivity contribution >= 4 is 16.7 Å². The third-order valence-corrected chi connectivity index (χ3v) is 3.93. The highest BCUT2D eigenvalue weighted by molar-refractivity contribution is 5.93. The Morgan fingerprint density at radius 3 is 2.52 bits per heavy atom. The summed E-state index contributed by atoms with van der Waals surface area (Å²) in [6, 6.07) is 14.1. The van der Waals surface area contributed by atoms with Crippen LogP contribution in [-0.2, 0) is 0 Å². The molecule has 2 aromatic carbocycles. The van der Waals surface area contributed by atoms with Crippen molar-refractivity contribution in [2.24, 2.45) is 0 Å². The normalized spacial score (nSPS) is 10.8. The van der Waals surface area contributed by atoms with Gasteiger partial charge in [0, 0.05) is 18.0 Å². The van der Waals surface area contributed by atoms with Crippen molar-refractivity contribution in [1.29, 1.82) is 0 Å². The van der Waals surface area contributed by atoms with Gasteiger partial charge < -0.3 is 5.32 Å². The zero-order valence-corrected chi connectivity index (χ0v) is 13.4. The highest BCUT2D eigenvalue weighted by atomic mass is 19.1. The summed E-state index contributed by atoms with van der Waals surface area (Å²) >= 11 is 0. The Kier molecular flexibility index (Phi) is 3.78. The number of rotatable bonds is 3. The van der Waals surface area contributed by atoms with Crippen molar-refractivity contribution < 1.29 is 4.39 Å². The number of anilines is 1. The first-order valence-electron chi connectivity index (χ1n) is 7.77. The van der Waals surface area contributed by atoms with E-state index in [1.54, 1.807) is 18.5 Å². The summed E-state index contributed by atoms with van der Waals surface area (Å²) in [5, 5.41) is 11.6. The minimum Gasteiger partial charge on any atom is -0.373 e. The number of fused-ring (bicyclic) bond motifs is 1. The van der Waals surface area contributed by atoms with E-state index in [4.69, 9.17) is 0 Å². The highest BCUT2D eigenvalue weighted by Crippen LogP contribution is 2.29. The second kappa shape index (κ2) is 6.24. The molecule has 0 spiro atoms. The van der Waals surface area contributed by atoms with Crippen LogP contribution < -0.4 is 5.32 Å². The van der Waals surface area contributed by atoms with Crippen LogP contribution in [0.25, 0.3) is 33.4 Å². The SMILES string of the molecule is CNc1nc(-c2ccnnc2)nc2ccc(-c3cccc(F)c3)cc12. The van der Waals surface area contributed by atoms with Crippen LogP contribution in [0.1, 0.15) is 0 Å². The maximum Gasteiger partial charge on any atom is 0.163 e. The maximum atomic E-state index is 13.5. The molecule has 2 aromatic heterocycles. The monoisotopic (exact) mass is 331 g/mol. The summed E-state index contributed by atoms with van der Waals surface area (Å²) in [4.78, 5) is 9.19. The van der Waals surface area contributed by atoms with E-state index in [0.717, 1.165) is 27.6 Å². The molecule has 0 aliphatic heterocycles. The van der Waals surface area contributed by atoms with E-state index in [0.29, 0.717) is 11.6 Å². The lowest BCUT2D eigenvalue weighted by molar-refractivity contribution is 0.628. The van der Waals surface area contributed by atoms with Crippen molar-refractivity contribution in [2.75, 3.05) is 12.4 Å². The van der Waals surface area contributed by atoms with Gasteiger partial charge in [-0.2, -0.15) is 10.2 Å².